The van der Waals surface area contributed by atoms with Crippen molar-refractivity contribution < 1.29 is 19.4 Å². The van der Waals surface area contributed by atoms with Gasteiger partial charge in [-0.15, -0.1) is 6.58 Å². The van der Waals surface area contributed by atoms with E-state index in [-0.39, 0.29) is 24.5 Å². The van der Waals surface area contributed by atoms with Crippen LogP contribution in [-0.4, -0.2) is 24.3 Å². The maximum absolute atomic E-state index is 11.3. The standard InChI is InChI=1S/C10H16O4/c1-4-7-8(9(11)13-5-2)10(12)14-6-3/h4,11H,1,5-7H2,2-3H3. The Morgan fingerprint density at radius 3 is 2.36 bits per heavy atom. The maximum Gasteiger partial charge on any atom is 0.341 e. The van der Waals surface area contributed by atoms with Gasteiger partial charge < -0.3 is 14.6 Å². The van der Waals surface area contributed by atoms with Crippen LogP contribution >= 0.6 is 0 Å². The summed E-state index contributed by atoms with van der Waals surface area (Å²) >= 11 is 0. The molecule has 0 bridgehead atoms. The number of carbonyl (C=O) groups is 1. The molecule has 0 saturated carbocycles. The quantitative estimate of drug-likeness (QED) is 0.308. The van der Waals surface area contributed by atoms with Gasteiger partial charge in [0.15, 0.2) is 0 Å². The van der Waals surface area contributed by atoms with E-state index in [1.165, 1.54) is 6.08 Å². The Morgan fingerprint density at radius 2 is 1.93 bits per heavy atom. The summed E-state index contributed by atoms with van der Waals surface area (Å²) in [4.78, 5) is 11.3. The zero-order valence-electron chi connectivity index (χ0n) is 8.58. The smallest absolute Gasteiger partial charge is 0.341 e. The molecule has 0 aliphatic rings. The zero-order valence-corrected chi connectivity index (χ0v) is 8.58. The van der Waals surface area contributed by atoms with Crippen molar-refractivity contribution in [1.29, 1.82) is 0 Å². The molecular formula is C10H16O4. The van der Waals surface area contributed by atoms with Crippen molar-refractivity contribution in [2.45, 2.75) is 20.3 Å². The number of rotatable bonds is 6. The van der Waals surface area contributed by atoms with Gasteiger partial charge in [-0.1, -0.05) is 6.08 Å². The van der Waals surface area contributed by atoms with Gasteiger partial charge in [0.25, 0.3) is 5.95 Å². The number of hydrogen-bond acceptors (Lipinski definition) is 4. The minimum Gasteiger partial charge on any atom is -0.481 e. The second kappa shape index (κ2) is 7.00. The van der Waals surface area contributed by atoms with Crippen molar-refractivity contribution in [2.75, 3.05) is 13.2 Å². The molecule has 0 aromatic heterocycles. The monoisotopic (exact) mass is 200 g/mol. The summed E-state index contributed by atoms with van der Waals surface area (Å²) in [5.41, 5.74) is 0.101. The Morgan fingerprint density at radius 1 is 1.36 bits per heavy atom. The number of esters is 1. The molecule has 4 heteroatoms. The molecule has 0 heterocycles. The van der Waals surface area contributed by atoms with Crippen molar-refractivity contribution >= 4 is 5.97 Å². The molecule has 1 N–H and O–H groups in total. The fraction of sp³-hybridized carbons (Fsp3) is 0.500. The third kappa shape index (κ3) is 3.98. The van der Waals surface area contributed by atoms with Crippen LogP contribution in [0.25, 0.3) is 0 Å². The predicted molar refractivity (Wildman–Crippen MR) is 52.7 cm³/mol. The molecule has 0 aliphatic heterocycles. The Balaban J connectivity index is 4.63. The first-order valence-corrected chi connectivity index (χ1v) is 4.50. The first-order valence-electron chi connectivity index (χ1n) is 4.50. The average molecular weight is 200 g/mol. The van der Waals surface area contributed by atoms with Crippen molar-refractivity contribution in [3.63, 3.8) is 0 Å². The lowest BCUT2D eigenvalue weighted by molar-refractivity contribution is -0.139. The fourth-order valence-corrected chi connectivity index (χ4v) is 0.844. The summed E-state index contributed by atoms with van der Waals surface area (Å²) < 4.78 is 9.55. The Labute approximate surface area is 83.8 Å². The molecular weight excluding hydrogens is 184 g/mol. The minimum absolute atomic E-state index is 0.101. The van der Waals surface area contributed by atoms with Crippen LogP contribution in [-0.2, 0) is 14.3 Å². The highest BCUT2D eigenvalue weighted by molar-refractivity contribution is 5.88. The van der Waals surface area contributed by atoms with Gasteiger partial charge in [0, 0.05) is 6.42 Å². The van der Waals surface area contributed by atoms with E-state index in [1.54, 1.807) is 13.8 Å². The van der Waals surface area contributed by atoms with Gasteiger partial charge in [0.05, 0.1) is 13.2 Å². The van der Waals surface area contributed by atoms with Crippen LogP contribution in [0.5, 0.6) is 0 Å². The predicted octanol–water partition coefficient (Wildman–Crippen LogP) is 1.93. The van der Waals surface area contributed by atoms with Gasteiger partial charge in [-0.2, -0.15) is 0 Å². The van der Waals surface area contributed by atoms with Crippen molar-refractivity contribution in [3.8, 4) is 0 Å². The molecule has 0 rings (SSSR count). The van der Waals surface area contributed by atoms with Crippen molar-refractivity contribution in [3.05, 3.63) is 24.2 Å². The lowest BCUT2D eigenvalue weighted by atomic mass is 10.2. The fourth-order valence-electron chi connectivity index (χ4n) is 0.844. The largest absolute Gasteiger partial charge is 0.481 e. The van der Waals surface area contributed by atoms with Gasteiger partial charge in [-0.3, -0.25) is 0 Å². The van der Waals surface area contributed by atoms with Gasteiger partial charge in [0.2, 0.25) is 0 Å². The second-order valence-electron chi connectivity index (χ2n) is 2.43. The summed E-state index contributed by atoms with van der Waals surface area (Å²) in [5.74, 6) is -0.954. The molecule has 0 spiro atoms. The van der Waals surface area contributed by atoms with Crippen LogP contribution in [0.3, 0.4) is 0 Å². The number of aliphatic hydroxyl groups is 1. The highest BCUT2D eigenvalue weighted by Crippen LogP contribution is 2.10. The van der Waals surface area contributed by atoms with Gasteiger partial charge in [0.1, 0.15) is 5.57 Å². The Bertz CT molecular complexity index is 230. The van der Waals surface area contributed by atoms with Crippen LogP contribution in [0.2, 0.25) is 0 Å². The zero-order chi connectivity index (χ0) is 11.0. The molecule has 0 unspecified atom stereocenters. The van der Waals surface area contributed by atoms with E-state index in [9.17, 15) is 9.90 Å². The van der Waals surface area contributed by atoms with E-state index in [2.05, 4.69) is 6.58 Å². The normalized spacial score (nSPS) is 11.6. The molecule has 14 heavy (non-hydrogen) atoms. The molecule has 0 saturated heterocycles. The Hall–Kier alpha value is -1.45. The lowest BCUT2D eigenvalue weighted by Crippen LogP contribution is -2.11. The summed E-state index contributed by atoms with van der Waals surface area (Å²) in [7, 11) is 0. The number of hydrogen-bond donors (Lipinski definition) is 1. The maximum atomic E-state index is 11.3. The first-order chi connectivity index (χ1) is 6.67. The molecule has 80 valence electrons. The molecule has 4 nitrogen and oxygen atoms in total. The third-order valence-electron chi connectivity index (χ3n) is 1.41. The number of carbonyl (C=O) groups excluding carboxylic acids is 1. The SMILES string of the molecule is C=CCC(C(=O)OCC)=C(O)OCC. The molecule has 0 atom stereocenters. The molecule has 0 aliphatic carbocycles. The first kappa shape index (κ1) is 12.6. The molecule has 0 radical (unpaired) electrons. The van der Waals surface area contributed by atoms with Crippen molar-refractivity contribution in [1.82, 2.24) is 0 Å². The van der Waals surface area contributed by atoms with E-state index in [0.717, 1.165) is 0 Å². The van der Waals surface area contributed by atoms with Crippen LogP contribution in [0.4, 0.5) is 0 Å². The van der Waals surface area contributed by atoms with Crippen LogP contribution < -0.4 is 0 Å². The minimum atomic E-state index is -0.571. The van der Waals surface area contributed by atoms with E-state index in [1.807, 2.05) is 0 Å². The molecule has 0 aromatic rings. The van der Waals surface area contributed by atoms with Crippen LogP contribution in [0.1, 0.15) is 20.3 Å². The van der Waals surface area contributed by atoms with E-state index in [4.69, 9.17) is 9.47 Å². The number of aliphatic hydroxyl groups excluding tert-OH is 1. The number of allylic oxidation sites excluding steroid dienone is 1. The summed E-state index contributed by atoms with van der Waals surface area (Å²) in [6, 6.07) is 0. The van der Waals surface area contributed by atoms with Gasteiger partial charge in [-0.05, 0) is 13.8 Å². The average Bonchev–Trinajstić information content (AvgIpc) is 2.14. The number of ether oxygens (including phenoxy) is 2. The summed E-state index contributed by atoms with van der Waals surface area (Å²) in [6.45, 7) is 7.45. The van der Waals surface area contributed by atoms with Crippen molar-refractivity contribution in [2.24, 2.45) is 0 Å². The van der Waals surface area contributed by atoms with E-state index in [0.29, 0.717) is 6.61 Å². The highest BCUT2D eigenvalue weighted by Gasteiger charge is 2.16. The van der Waals surface area contributed by atoms with Crippen LogP contribution in [0, 0.1) is 0 Å². The topological polar surface area (TPSA) is 55.8 Å². The second-order valence-corrected chi connectivity index (χ2v) is 2.43. The highest BCUT2D eigenvalue weighted by atomic mass is 16.6. The van der Waals surface area contributed by atoms with E-state index < -0.39 is 5.97 Å². The lowest BCUT2D eigenvalue weighted by Gasteiger charge is -2.07. The van der Waals surface area contributed by atoms with Gasteiger partial charge in [-0.25, -0.2) is 4.79 Å². The summed E-state index contributed by atoms with van der Waals surface area (Å²) in [6.07, 6.45) is 1.73. The molecule has 0 aromatic carbocycles. The van der Waals surface area contributed by atoms with E-state index >= 15 is 0 Å². The summed E-state index contributed by atoms with van der Waals surface area (Å²) in [5, 5.41) is 9.35. The molecule has 0 fully saturated rings. The Kier molecular flexibility index (Phi) is 6.28. The molecule has 0 amide bonds. The van der Waals surface area contributed by atoms with Crippen LogP contribution in [0.15, 0.2) is 24.2 Å². The third-order valence-corrected chi connectivity index (χ3v) is 1.41. The van der Waals surface area contributed by atoms with Gasteiger partial charge >= 0.3 is 5.97 Å².